The zero-order chi connectivity index (χ0) is 22.7. The van der Waals surface area contributed by atoms with Crippen LogP contribution in [0.25, 0.3) is 0 Å². The molecule has 3 aromatic rings. The lowest BCUT2D eigenvalue weighted by Crippen LogP contribution is -2.43. The Morgan fingerprint density at radius 1 is 1.03 bits per heavy atom. The fraction of sp³-hybridized carbons (Fsp3) is 0.292. The van der Waals surface area contributed by atoms with Crippen LogP contribution in [0.2, 0.25) is 0 Å². The average molecular weight is 457 g/mol. The van der Waals surface area contributed by atoms with E-state index in [0.717, 1.165) is 28.3 Å². The second-order valence-corrected chi connectivity index (χ2v) is 9.98. The Labute approximate surface area is 187 Å². The molecule has 1 amide bonds. The van der Waals surface area contributed by atoms with Crippen LogP contribution < -0.4 is 0 Å². The lowest BCUT2D eigenvalue weighted by Gasteiger charge is -2.27. The molecule has 0 bridgehead atoms. The maximum atomic E-state index is 13.4. The first kappa shape index (κ1) is 22.2. The van der Waals surface area contributed by atoms with E-state index in [-0.39, 0.29) is 35.8 Å². The van der Waals surface area contributed by atoms with E-state index in [9.17, 15) is 17.6 Å². The second-order valence-electron chi connectivity index (χ2n) is 8.04. The number of benzene rings is 2. The van der Waals surface area contributed by atoms with Gasteiger partial charge in [0, 0.05) is 12.6 Å². The van der Waals surface area contributed by atoms with Crippen LogP contribution in [0.4, 0.5) is 4.39 Å². The van der Waals surface area contributed by atoms with E-state index in [1.165, 1.54) is 18.4 Å². The van der Waals surface area contributed by atoms with E-state index in [1.54, 1.807) is 53.4 Å². The molecule has 1 aromatic heterocycles. The minimum absolute atomic E-state index is 0.0516. The van der Waals surface area contributed by atoms with Crippen molar-refractivity contribution in [2.75, 3.05) is 6.54 Å². The summed E-state index contributed by atoms with van der Waals surface area (Å²) in [6.07, 6.45) is 3.21. The zero-order valence-electron chi connectivity index (χ0n) is 17.8. The van der Waals surface area contributed by atoms with Crippen LogP contribution in [-0.4, -0.2) is 36.1 Å². The summed E-state index contributed by atoms with van der Waals surface area (Å²) in [5, 5.41) is 0. The van der Waals surface area contributed by atoms with Crippen molar-refractivity contribution in [1.29, 1.82) is 0 Å². The van der Waals surface area contributed by atoms with Crippen molar-refractivity contribution < 1.29 is 22.0 Å². The largest absolute Gasteiger partial charge is 0.468 e. The Morgan fingerprint density at radius 2 is 1.72 bits per heavy atom. The SMILES string of the molecule is Cc1ccc(S(=O)(=O)N(CC(=O)N(Cc2ccc(F)cc2)C2CC2)Cc2ccco2)cc1. The number of nitrogens with zero attached hydrogens (tertiary/aromatic N) is 2. The summed E-state index contributed by atoms with van der Waals surface area (Å²) in [7, 11) is -3.93. The molecule has 0 aliphatic heterocycles. The van der Waals surface area contributed by atoms with Crippen molar-refractivity contribution in [3.05, 3.63) is 89.6 Å². The van der Waals surface area contributed by atoms with Crippen molar-refractivity contribution in [3.63, 3.8) is 0 Å². The van der Waals surface area contributed by atoms with Crippen LogP contribution in [0.5, 0.6) is 0 Å². The van der Waals surface area contributed by atoms with Gasteiger partial charge in [0.15, 0.2) is 0 Å². The third-order valence-electron chi connectivity index (χ3n) is 5.46. The Morgan fingerprint density at radius 3 is 2.31 bits per heavy atom. The Balaban J connectivity index is 1.58. The molecule has 0 atom stereocenters. The topological polar surface area (TPSA) is 70.8 Å². The minimum Gasteiger partial charge on any atom is -0.468 e. The second kappa shape index (κ2) is 9.26. The van der Waals surface area contributed by atoms with E-state index in [4.69, 9.17) is 4.42 Å². The van der Waals surface area contributed by atoms with Gasteiger partial charge >= 0.3 is 0 Å². The fourth-order valence-electron chi connectivity index (χ4n) is 3.50. The van der Waals surface area contributed by atoms with Crippen molar-refractivity contribution in [1.82, 2.24) is 9.21 Å². The summed E-state index contributed by atoms with van der Waals surface area (Å²) in [4.78, 5) is 15.1. The van der Waals surface area contributed by atoms with Gasteiger partial charge in [-0.1, -0.05) is 29.8 Å². The highest BCUT2D eigenvalue weighted by atomic mass is 32.2. The van der Waals surface area contributed by atoms with Gasteiger partial charge in [-0.15, -0.1) is 0 Å². The third kappa shape index (κ3) is 5.26. The predicted molar refractivity (Wildman–Crippen MR) is 117 cm³/mol. The van der Waals surface area contributed by atoms with Crippen LogP contribution >= 0.6 is 0 Å². The highest BCUT2D eigenvalue weighted by Gasteiger charge is 2.35. The van der Waals surface area contributed by atoms with E-state index >= 15 is 0 Å². The van der Waals surface area contributed by atoms with Crippen LogP contribution in [0.1, 0.15) is 29.7 Å². The summed E-state index contributed by atoms with van der Waals surface area (Å²) in [6.45, 7) is 1.82. The Kier molecular flexibility index (Phi) is 6.43. The summed E-state index contributed by atoms with van der Waals surface area (Å²) < 4.78 is 46.5. The van der Waals surface area contributed by atoms with Crippen molar-refractivity contribution >= 4 is 15.9 Å². The summed E-state index contributed by atoms with van der Waals surface area (Å²) in [5.74, 6) is -0.184. The number of halogens is 1. The monoisotopic (exact) mass is 456 g/mol. The van der Waals surface area contributed by atoms with E-state index in [2.05, 4.69) is 0 Å². The van der Waals surface area contributed by atoms with Crippen molar-refractivity contribution in [3.8, 4) is 0 Å². The van der Waals surface area contributed by atoms with E-state index in [0.29, 0.717) is 12.3 Å². The fourth-order valence-corrected chi connectivity index (χ4v) is 4.85. The number of rotatable bonds is 9. The summed E-state index contributed by atoms with van der Waals surface area (Å²) >= 11 is 0. The third-order valence-corrected chi connectivity index (χ3v) is 7.26. The Hall–Kier alpha value is -2.97. The number of hydrogen-bond donors (Lipinski definition) is 0. The van der Waals surface area contributed by atoms with Gasteiger partial charge in [0.25, 0.3) is 0 Å². The maximum absolute atomic E-state index is 13.4. The zero-order valence-corrected chi connectivity index (χ0v) is 18.6. The molecule has 4 rings (SSSR count). The highest BCUT2D eigenvalue weighted by Crippen LogP contribution is 2.29. The molecule has 1 fully saturated rings. The number of carbonyl (C=O) groups is 1. The van der Waals surface area contributed by atoms with E-state index in [1.807, 2.05) is 6.92 Å². The lowest BCUT2D eigenvalue weighted by molar-refractivity contribution is -0.132. The number of hydrogen-bond acceptors (Lipinski definition) is 4. The molecular weight excluding hydrogens is 431 g/mol. The molecule has 1 saturated carbocycles. The molecule has 0 unspecified atom stereocenters. The van der Waals surface area contributed by atoms with Crippen LogP contribution in [-0.2, 0) is 27.9 Å². The molecule has 168 valence electrons. The standard InChI is InChI=1S/C24H25FN2O4S/c1-18-4-12-23(13-5-18)32(29,30)26(16-22-3-2-14-31-22)17-24(28)27(21-10-11-21)15-19-6-8-20(25)9-7-19/h2-9,12-14,21H,10-11,15-17H2,1H3. The first-order valence-corrected chi connectivity index (χ1v) is 11.9. The molecule has 0 saturated heterocycles. The minimum atomic E-state index is -3.93. The van der Waals surface area contributed by atoms with Gasteiger partial charge in [-0.25, -0.2) is 12.8 Å². The van der Waals surface area contributed by atoms with Gasteiger partial charge < -0.3 is 9.32 Å². The number of furan rings is 1. The maximum Gasteiger partial charge on any atom is 0.243 e. The normalized spacial score (nSPS) is 14.0. The Bertz CT molecular complexity index is 1160. The highest BCUT2D eigenvalue weighted by molar-refractivity contribution is 7.89. The first-order chi connectivity index (χ1) is 15.3. The number of sulfonamides is 1. The van der Waals surface area contributed by atoms with Crippen LogP contribution in [0.15, 0.2) is 76.2 Å². The molecule has 6 nitrogen and oxygen atoms in total. The summed E-state index contributed by atoms with van der Waals surface area (Å²) in [5.41, 5.74) is 1.74. The van der Waals surface area contributed by atoms with Gasteiger partial charge in [-0.3, -0.25) is 4.79 Å². The van der Waals surface area contributed by atoms with Gasteiger partial charge in [0.2, 0.25) is 15.9 Å². The molecule has 32 heavy (non-hydrogen) atoms. The van der Waals surface area contributed by atoms with Gasteiger partial charge in [-0.05, 0) is 61.7 Å². The molecular formula is C24H25FN2O4S. The molecule has 1 heterocycles. The van der Waals surface area contributed by atoms with Crippen molar-refractivity contribution in [2.45, 2.75) is 43.8 Å². The van der Waals surface area contributed by atoms with Gasteiger partial charge in [-0.2, -0.15) is 4.31 Å². The number of aryl methyl sites for hydroxylation is 1. The average Bonchev–Trinajstić information content (AvgIpc) is 3.48. The van der Waals surface area contributed by atoms with Crippen molar-refractivity contribution in [2.24, 2.45) is 0 Å². The van der Waals surface area contributed by atoms with Gasteiger partial charge in [0.05, 0.1) is 24.2 Å². The number of carbonyl (C=O) groups excluding carboxylic acids is 1. The quantitative estimate of drug-likeness (QED) is 0.486. The van der Waals surface area contributed by atoms with Crippen LogP contribution in [0, 0.1) is 12.7 Å². The van der Waals surface area contributed by atoms with Gasteiger partial charge in [0.1, 0.15) is 11.6 Å². The molecule has 0 spiro atoms. The molecule has 1 aliphatic carbocycles. The molecule has 0 radical (unpaired) electrons. The van der Waals surface area contributed by atoms with Crippen LogP contribution in [0.3, 0.4) is 0 Å². The molecule has 0 N–H and O–H groups in total. The first-order valence-electron chi connectivity index (χ1n) is 10.5. The number of amides is 1. The molecule has 2 aromatic carbocycles. The molecule has 1 aliphatic rings. The molecule has 8 heteroatoms. The summed E-state index contributed by atoms with van der Waals surface area (Å²) in [6, 6.07) is 16.0. The predicted octanol–water partition coefficient (Wildman–Crippen LogP) is 4.11. The van der Waals surface area contributed by atoms with E-state index < -0.39 is 10.0 Å². The smallest absolute Gasteiger partial charge is 0.243 e. The lowest BCUT2D eigenvalue weighted by atomic mass is 10.2.